The van der Waals surface area contributed by atoms with Crippen LogP contribution in [0.4, 0.5) is 0 Å². The molecule has 0 aliphatic heterocycles. The van der Waals surface area contributed by atoms with E-state index in [2.05, 4.69) is 18.7 Å². The zero-order chi connectivity index (χ0) is 16.1. The second kappa shape index (κ2) is 7.27. The minimum atomic E-state index is -0.140. The summed E-state index contributed by atoms with van der Waals surface area (Å²) >= 11 is 0. The highest BCUT2D eigenvalue weighted by Crippen LogP contribution is 2.28. The molecule has 0 radical (unpaired) electrons. The molecule has 118 valence electrons. The number of carbonyl (C=O) groups excluding carboxylic acids is 1. The smallest absolute Gasteiger partial charge is 0.163 e. The second-order valence-corrected chi connectivity index (χ2v) is 5.31. The first kappa shape index (κ1) is 16.3. The highest BCUT2D eigenvalue weighted by Gasteiger charge is 2.09. The average Bonchev–Trinajstić information content (AvgIpc) is 2.50. The van der Waals surface area contributed by atoms with Gasteiger partial charge in [0.15, 0.2) is 5.78 Å². The van der Waals surface area contributed by atoms with E-state index in [4.69, 9.17) is 4.74 Å². The van der Waals surface area contributed by atoms with Gasteiger partial charge in [-0.3, -0.25) is 4.79 Å². The maximum absolute atomic E-state index is 11.4. The number of likely N-dealkylation sites (N-methyl/N-ethyl adjacent to an activating group) is 1. The number of carbonyl (C=O) groups is 1. The molecule has 0 spiro atoms. The quantitative estimate of drug-likeness (QED) is 0.796. The van der Waals surface area contributed by atoms with E-state index in [1.807, 2.05) is 18.2 Å². The Morgan fingerprint density at radius 1 is 1.14 bits per heavy atom. The van der Waals surface area contributed by atoms with E-state index < -0.39 is 0 Å². The van der Waals surface area contributed by atoms with E-state index in [1.165, 1.54) is 6.92 Å². The summed E-state index contributed by atoms with van der Waals surface area (Å²) in [5.74, 6) is 0.647. The molecule has 0 aromatic heterocycles. The number of rotatable bonds is 7. The van der Waals surface area contributed by atoms with Gasteiger partial charge in [0.1, 0.15) is 18.1 Å². The second-order valence-electron chi connectivity index (χ2n) is 5.31. The third-order valence-electron chi connectivity index (χ3n) is 3.88. The largest absolute Gasteiger partial charge is 0.507 e. The predicted molar refractivity (Wildman–Crippen MR) is 88.9 cm³/mol. The van der Waals surface area contributed by atoms with Gasteiger partial charge in [-0.05, 0) is 55.1 Å². The molecule has 4 nitrogen and oxygen atoms in total. The lowest BCUT2D eigenvalue weighted by molar-refractivity contribution is 0.101. The molecule has 0 saturated heterocycles. The molecule has 0 heterocycles. The van der Waals surface area contributed by atoms with Crippen LogP contribution in [0.15, 0.2) is 30.3 Å². The Balaban J connectivity index is 2.13. The summed E-state index contributed by atoms with van der Waals surface area (Å²) in [5, 5.41) is 11.7. The normalized spacial score (nSPS) is 11.1. The lowest BCUT2D eigenvalue weighted by Crippen LogP contribution is -2.27. The first-order valence-electron chi connectivity index (χ1n) is 7.68. The number of ether oxygens (including phenoxy) is 1. The van der Waals surface area contributed by atoms with Gasteiger partial charge in [0, 0.05) is 6.54 Å². The molecule has 0 saturated carbocycles. The number of benzene rings is 2. The summed E-state index contributed by atoms with van der Waals surface area (Å²) in [6, 6.07) is 9.02. The molecule has 0 unspecified atom stereocenters. The number of ketones is 1. The van der Waals surface area contributed by atoms with Gasteiger partial charge in [-0.15, -0.1) is 0 Å². The number of nitrogens with zero attached hydrogens (tertiary/aromatic N) is 1. The summed E-state index contributed by atoms with van der Waals surface area (Å²) in [6.07, 6.45) is 0. The Morgan fingerprint density at radius 2 is 1.86 bits per heavy atom. The highest BCUT2D eigenvalue weighted by atomic mass is 16.5. The number of phenols is 1. The van der Waals surface area contributed by atoms with E-state index in [-0.39, 0.29) is 11.5 Å². The molecule has 0 bridgehead atoms. The molecular formula is C18H23NO3. The highest BCUT2D eigenvalue weighted by molar-refractivity contribution is 6.01. The van der Waals surface area contributed by atoms with Crippen molar-refractivity contribution in [1.82, 2.24) is 4.90 Å². The molecule has 4 heteroatoms. The van der Waals surface area contributed by atoms with Crippen LogP contribution in [-0.4, -0.2) is 42.0 Å². The Hall–Kier alpha value is -2.07. The van der Waals surface area contributed by atoms with Crippen molar-refractivity contribution in [2.45, 2.75) is 20.8 Å². The molecule has 2 rings (SSSR count). The zero-order valence-corrected chi connectivity index (χ0v) is 13.4. The van der Waals surface area contributed by atoms with Gasteiger partial charge in [0.05, 0.1) is 5.56 Å². The Kier molecular flexibility index (Phi) is 5.39. The summed E-state index contributed by atoms with van der Waals surface area (Å²) in [4.78, 5) is 13.7. The molecule has 2 aromatic rings. The fraction of sp³-hybridized carbons (Fsp3) is 0.389. The first-order chi connectivity index (χ1) is 10.5. The molecular weight excluding hydrogens is 278 g/mol. The van der Waals surface area contributed by atoms with Crippen molar-refractivity contribution >= 4 is 16.6 Å². The average molecular weight is 301 g/mol. The predicted octanol–water partition coefficient (Wildman–Crippen LogP) is 3.47. The van der Waals surface area contributed by atoms with Crippen LogP contribution in [0.2, 0.25) is 0 Å². The lowest BCUT2D eigenvalue weighted by Gasteiger charge is -2.18. The summed E-state index contributed by atoms with van der Waals surface area (Å²) in [5.41, 5.74) is 0.350. The van der Waals surface area contributed by atoms with E-state index in [9.17, 15) is 9.90 Å². The number of Topliss-reactive ketones (excluding diaryl/α,β-unsaturated/α-hetero) is 1. The third-order valence-corrected chi connectivity index (χ3v) is 3.88. The Labute approximate surface area is 131 Å². The molecule has 2 aromatic carbocycles. The molecule has 0 fully saturated rings. The van der Waals surface area contributed by atoms with Crippen molar-refractivity contribution in [3.63, 3.8) is 0 Å². The number of hydrogen-bond donors (Lipinski definition) is 1. The van der Waals surface area contributed by atoms with Gasteiger partial charge in [-0.25, -0.2) is 0 Å². The third kappa shape index (κ3) is 3.77. The van der Waals surface area contributed by atoms with Crippen LogP contribution >= 0.6 is 0 Å². The standard InChI is InChI=1S/C18H23NO3/c1-4-19(5-2)8-9-22-16-7-6-14-11-17(13(3)20)18(21)12-15(14)10-16/h6-7,10-12,21H,4-5,8-9H2,1-3H3. The topological polar surface area (TPSA) is 49.8 Å². The van der Waals surface area contributed by atoms with E-state index in [0.29, 0.717) is 12.2 Å². The van der Waals surface area contributed by atoms with Gasteiger partial charge < -0.3 is 14.7 Å². The molecule has 1 N–H and O–H groups in total. The molecule has 0 aliphatic rings. The zero-order valence-electron chi connectivity index (χ0n) is 13.4. The van der Waals surface area contributed by atoms with Crippen LogP contribution in [0.25, 0.3) is 10.8 Å². The maximum atomic E-state index is 11.4. The van der Waals surface area contributed by atoms with Crippen molar-refractivity contribution in [3.8, 4) is 11.5 Å². The van der Waals surface area contributed by atoms with Gasteiger partial charge >= 0.3 is 0 Å². The van der Waals surface area contributed by atoms with Gasteiger partial charge in [-0.1, -0.05) is 19.9 Å². The van der Waals surface area contributed by atoms with Crippen molar-refractivity contribution in [3.05, 3.63) is 35.9 Å². The Morgan fingerprint density at radius 3 is 2.50 bits per heavy atom. The molecule has 0 amide bonds. The van der Waals surface area contributed by atoms with E-state index in [0.717, 1.165) is 36.2 Å². The van der Waals surface area contributed by atoms with Crippen LogP contribution in [-0.2, 0) is 0 Å². The minimum Gasteiger partial charge on any atom is -0.507 e. The summed E-state index contributed by atoms with van der Waals surface area (Å²) in [6.45, 7) is 9.26. The van der Waals surface area contributed by atoms with Crippen molar-refractivity contribution in [1.29, 1.82) is 0 Å². The number of aromatic hydroxyl groups is 1. The maximum Gasteiger partial charge on any atom is 0.163 e. The van der Waals surface area contributed by atoms with Crippen LogP contribution in [0, 0.1) is 0 Å². The Bertz CT molecular complexity index is 663. The molecule has 0 atom stereocenters. The SMILES string of the molecule is CCN(CC)CCOc1ccc2cc(C(C)=O)c(O)cc2c1. The molecule has 22 heavy (non-hydrogen) atoms. The van der Waals surface area contributed by atoms with Gasteiger partial charge in [0.2, 0.25) is 0 Å². The van der Waals surface area contributed by atoms with Gasteiger partial charge in [0.25, 0.3) is 0 Å². The van der Waals surface area contributed by atoms with Crippen LogP contribution in [0.5, 0.6) is 11.5 Å². The summed E-state index contributed by atoms with van der Waals surface area (Å²) in [7, 11) is 0. The number of hydrogen-bond acceptors (Lipinski definition) is 4. The van der Waals surface area contributed by atoms with Gasteiger partial charge in [-0.2, -0.15) is 0 Å². The van der Waals surface area contributed by atoms with Crippen molar-refractivity contribution in [2.24, 2.45) is 0 Å². The monoisotopic (exact) mass is 301 g/mol. The fourth-order valence-electron chi connectivity index (χ4n) is 2.47. The van der Waals surface area contributed by atoms with Crippen LogP contribution in [0.1, 0.15) is 31.1 Å². The van der Waals surface area contributed by atoms with Crippen LogP contribution in [0.3, 0.4) is 0 Å². The summed E-state index contributed by atoms with van der Waals surface area (Å²) < 4.78 is 5.78. The minimum absolute atomic E-state index is 0.0142. The van der Waals surface area contributed by atoms with Crippen molar-refractivity contribution < 1.29 is 14.6 Å². The van der Waals surface area contributed by atoms with E-state index in [1.54, 1.807) is 12.1 Å². The fourth-order valence-corrected chi connectivity index (χ4v) is 2.47. The lowest BCUT2D eigenvalue weighted by atomic mass is 10.0. The number of fused-ring (bicyclic) bond motifs is 1. The first-order valence-corrected chi connectivity index (χ1v) is 7.68. The number of phenolic OH excluding ortho intramolecular Hbond substituents is 1. The van der Waals surface area contributed by atoms with E-state index >= 15 is 0 Å². The van der Waals surface area contributed by atoms with Crippen molar-refractivity contribution in [2.75, 3.05) is 26.2 Å². The molecule has 0 aliphatic carbocycles. The van der Waals surface area contributed by atoms with Crippen LogP contribution < -0.4 is 4.74 Å².